The number of hydrogen-bond donors (Lipinski definition) is 2. The fourth-order valence-electron chi connectivity index (χ4n) is 2.20. The van der Waals surface area contributed by atoms with E-state index in [0.29, 0.717) is 5.92 Å². The summed E-state index contributed by atoms with van der Waals surface area (Å²) in [6, 6.07) is 0. The van der Waals surface area contributed by atoms with Gasteiger partial charge >= 0.3 is 0 Å². The van der Waals surface area contributed by atoms with Crippen LogP contribution in [0.5, 0.6) is 0 Å². The molecule has 0 saturated carbocycles. The van der Waals surface area contributed by atoms with Gasteiger partial charge in [-0.15, -0.1) is 0 Å². The number of primary amides is 1. The Morgan fingerprint density at radius 3 is 2.62 bits per heavy atom. The molecule has 0 aliphatic carbocycles. The maximum atomic E-state index is 11.5. The van der Waals surface area contributed by atoms with Crippen molar-refractivity contribution in [3.05, 3.63) is 0 Å². The van der Waals surface area contributed by atoms with Crippen molar-refractivity contribution in [3.63, 3.8) is 0 Å². The second kappa shape index (κ2) is 4.09. The maximum absolute atomic E-state index is 11.5. The standard InChI is InChI=1S/C10H20N2O/c1-8(2)10(9(11)13)4-3-6-12-7-5-10/h8,12H,3-7H2,1-2H3,(H2,11,13). The van der Waals surface area contributed by atoms with Crippen LogP contribution < -0.4 is 11.1 Å². The summed E-state index contributed by atoms with van der Waals surface area (Å²) >= 11 is 0. The molecular weight excluding hydrogens is 164 g/mol. The smallest absolute Gasteiger partial charge is 0.223 e. The Balaban J connectivity index is 2.80. The molecule has 0 aromatic rings. The predicted molar refractivity (Wildman–Crippen MR) is 53.2 cm³/mol. The van der Waals surface area contributed by atoms with Crippen LogP contribution in [0, 0.1) is 11.3 Å². The number of carbonyl (C=O) groups excluding carboxylic acids is 1. The quantitative estimate of drug-likeness (QED) is 0.669. The lowest BCUT2D eigenvalue weighted by Crippen LogP contribution is -2.42. The average Bonchev–Trinajstić information content (AvgIpc) is 2.28. The highest BCUT2D eigenvalue weighted by Gasteiger charge is 2.39. The zero-order valence-electron chi connectivity index (χ0n) is 8.60. The zero-order valence-corrected chi connectivity index (χ0v) is 8.60. The molecule has 1 unspecified atom stereocenters. The fourth-order valence-corrected chi connectivity index (χ4v) is 2.20. The van der Waals surface area contributed by atoms with Crippen LogP contribution in [0.2, 0.25) is 0 Å². The molecular formula is C10H20N2O. The van der Waals surface area contributed by atoms with Gasteiger partial charge < -0.3 is 11.1 Å². The lowest BCUT2D eigenvalue weighted by atomic mass is 9.71. The van der Waals surface area contributed by atoms with Crippen molar-refractivity contribution in [3.8, 4) is 0 Å². The molecule has 3 N–H and O–H groups in total. The highest BCUT2D eigenvalue weighted by atomic mass is 16.1. The molecule has 1 fully saturated rings. The van der Waals surface area contributed by atoms with Crippen LogP contribution in [0.25, 0.3) is 0 Å². The first-order valence-electron chi connectivity index (χ1n) is 5.10. The Hall–Kier alpha value is -0.570. The second-order valence-electron chi connectivity index (χ2n) is 4.28. The van der Waals surface area contributed by atoms with E-state index in [1.165, 1.54) is 0 Å². The first kappa shape index (κ1) is 10.5. The van der Waals surface area contributed by atoms with Crippen LogP contribution in [0.15, 0.2) is 0 Å². The molecule has 0 radical (unpaired) electrons. The minimum atomic E-state index is -0.260. The van der Waals surface area contributed by atoms with Crippen LogP contribution in [0.3, 0.4) is 0 Å². The first-order chi connectivity index (χ1) is 6.09. The summed E-state index contributed by atoms with van der Waals surface area (Å²) in [6.45, 7) is 6.12. The van der Waals surface area contributed by atoms with Crippen molar-refractivity contribution in [2.75, 3.05) is 13.1 Å². The van der Waals surface area contributed by atoms with E-state index in [-0.39, 0.29) is 11.3 Å². The van der Waals surface area contributed by atoms with Gasteiger partial charge in [0, 0.05) is 0 Å². The van der Waals surface area contributed by atoms with Gasteiger partial charge in [-0.3, -0.25) is 4.79 Å². The van der Waals surface area contributed by atoms with Gasteiger partial charge in [0.05, 0.1) is 5.41 Å². The molecule has 0 aromatic carbocycles. The van der Waals surface area contributed by atoms with Crippen LogP contribution in [-0.2, 0) is 4.79 Å². The van der Waals surface area contributed by atoms with Crippen molar-refractivity contribution >= 4 is 5.91 Å². The van der Waals surface area contributed by atoms with E-state index >= 15 is 0 Å². The van der Waals surface area contributed by atoms with E-state index < -0.39 is 0 Å². The van der Waals surface area contributed by atoms with Gasteiger partial charge in [0.2, 0.25) is 5.91 Å². The Bertz CT molecular complexity index is 181. The molecule has 1 aliphatic heterocycles. The average molecular weight is 184 g/mol. The molecule has 1 aliphatic rings. The van der Waals surface area contributed by atoms with Gasteiger partial charge in [0.15, 0.2) is 0 Å². The third-order valence-corrected chi connectivity index (χ3v) is 3.32. The van der Waals surface area contributed by atoms with Crippen molar-refractivity contribution in [2.45, 2.75) is 33.1 Å². The number of nitrogens with one attached hydrogen (secondary N) is 1. The normalized spacial score (nSPS) is 30.1. The van der Waals surface area contributed by atoms with Crippen molar-refractivity contribution in [1.29, 1.82) is 0 Å². The topological polar surface area (TPSA) is 55.1 Å². The van der Waals surface area contributed by atoms with Crippen LogP contribution >= 0.6 is 0 Å². The third kappa shape index (κ3) is 2.02. The summed E-state index contributed by atoms with van der Waals surface area (Å²) in [4.78, 5) is 11.5. The van der Waals surface area contributed by atoms with Gasteiger partial charge in [0.25, 0.3) is 0 Å². The monoisotopic (exact) mass is 184 g/mol. The van der Waals surface area contributed by atoms with Crippen molar-refractivity contribution in [1.82, 2.24) is 5.32 Å². The third-order valence-electron chi connectivity index (χ3n) is 3.32. The van der Waals surface area contributed by atoms with Crippen LogP contribution in [0.4, 0.5) is 0 Å². The molecule has 1 rings (SSSR count). The van der Waals surface area contributed by atoms with E-state index in [9.17, 15) is 4.79 Å². The Labute approximate surface area is 80.1 Å². The minimum Gasteiger partial charge on any atom is -0.369 e. The van der Waals surface area contributed by atoms with Crippen molar-refractivity contribution < 1.29 is 4.79 Å². The van der Waals surface area contributed by atoms with Crippen molar-refractivity contribution in [2.24, 2.45) is 17.1 Å². The molecule has 1 atom stereocenters. The Kier molecular flexibility index (Phi) is 3.31. The van der Waals surface area contributed by atoms with Gasteiger partial charge in [-0.1, -0.05) is 13.8 Å². The lowest BCUT2D eigenvalue weighted by molar-refractivity contribution is -0.131. The molecule has 1 amide bonds. The summed E-state index contributed by atoms with van der Waals surface area (Å²) in [5, 5.41) is 3.30. The van der Waals surface area contributed by atoms with Crippen LogP contribution in [0.1, 0.15) is 33.1 Å². The summed E-state index contributed by atoms with van der Waals surface area (Å²) in [5.41, 5.74) is 5.25. The molecule has 13 heavy (non-hydrogen) atoms. The highest BCUT2D eigenvalue weighted by Crippen LogP contribution is 2.36. The molecule has 76 valence electrons. The van der Waals surface area contributed by atoms with Crippen LogP contribution in [-0.4, -0.2) is 19.0 Å². The Morgan fingerprint density at radius 2 is 2.08 bits per heavy atom. The van der Waals surface area contributed by atoms with E-state index in [2.05, 4.69) is 19.2 Å². The molecule has 0 aromatic heterocycles. The number of rotatable bonds is 2. The molecule has 0 bridgehead atoms. The number of carbonyl (C=O) groups is 1. The van der Waals surface area contributed by atoms with Gasteiger partial charge in [-0.25, -0.2) is 0 Å². The number of amides is 1. The molecule has 1 heterocycles. The highest BCUT2D eigenvalue weighted by molar-refractivity contribution is 5.81. The fraction of sp³-hybridized carbons (Fsp3) is 0.900. The van der Waals surface area contributed by atoms with Gasteiger partial charge in [-0.05, 0) is 38.3 Å². The number of nitrogens with two attached hydrogens (primary N) is 1. The largest absolute Gasteiger partial charge is 0.369 e. The summed E-state index contributed by atoms with van der Waals surface area (Å²) < 4.78 is 0. The van der Waals surface area contributed by atoms with Gasteiger partial charge in [-0.2, -0.15) is 0 Å². The Morgan fingerprint density at radius 1 is 1.38 bits per heavy atom. The van der Waals surface area contributed by atoms with E-state index in [4.69, 9.17) is 5.73 Å². The molecule has 1 saturated heterocycles. The summed E-state index contributed by atoms with van der Waals surface area (Å²) in [5.74, 6) is 0.233. The molecule has 3 nitrogen and oxygen atoms in total. The SMILES string of the molecule is CC(C)C1(C(N)=O)CCCNCC1. The molecule has 3 heteroatoms. The summed E-state index contributed by atoms with van der Waals surface area (Å²) in [6.07, 6.45) is 2.88. The van der Waals surface area contributed by atoms with E-state index in [1.807, 2.05) is 0 Å². The maximum Gasteiger partial charge on any atom is 0.223 e. The summed E-state index contributed by atoms with van der Waals surface area (Å²) in [7, 11) is 0. The second-order valence-corrected chi connectivity index (χ2v) is 4.28. The van der Waals surface area contributed by atoms with E-state index in [1.54, 1.807) is 0 Å². The van der Waals surface area contributed by atoms with E-state index in [0.717, 1.165) is 32.4 Å². The number of hydrogen-bond acceptors (Lipinski definition) is 2. The predicted octanol–water partition coefficient (Wildman–Crippen LogP) is 0.888. The minimum absolute atomic E-state index is 0.119. The zero-order chi connectivity index (χ0) is 9.90. The van der Waals surface area contributed by atoms with Gasteiger partial charge in [0.1, 0.15) is 0 Å². The first-order valence-corrected chi connectivity index (χ1v) is 5.10. The molecule has 0 spiro atoms. The lowest BCUT2D eigenvalue weighted by Gasteiger charge is -2.33.